The van der Waals surface area contributed by atoms with Gasteiger partial charge in [0, 0.05) is 0 Å². The van der Waals surface area contributed by atoms with E-state index in [4.69, 9.17) is 0 Å². The Morgan fingerprint density at radius 3 is 1.95 bits per heavy atom. The summed E-state index contributed by atoms with van der Waals surface area (Å²) in [5.41, 5.74) is 2.60. The molecule has 0 aliphatic carbocycles. The fourth-order valence-corrected chi connectivity index (χ4v) is 3.34. The van der Waals surface area contributed by atoms with Crippen LogP contribution in [-0.2, 0) is 22.9 Å². The Morgan fingerprint density at radius 2 is 1.48 bits per heavy atom. The van der Waals surface area contributed by atoms with Gasteiger partial charge in [0.2, 0.25) is 0 Å². The fourth-order valence-electron chi connectivity index (χ4n) is 2.19. The van der Waals surface area contributed by atoms with Crippen molar-refractivity contribution in [3.8, 4) is 5.75 Å². The summed E-state index contributed by atoms with van der Waals surface area (Å²) in [6.07, 6.45) is 1.50. The molecule has 0 heterocycles. The number of rotatable bonds is 5. The Bertz CT molecular complexity index is 699. The Hall–Kier alpha value is -2.01. The molecule has 112 valence electrons. The van der Waals surface area contributed by atoms with E-state index in [1.807, 2.05) is 32.0 Å². The highest BCUT2D eigenvalue weighted by molar-refractivity contribution is 7.92. The van der Waals surface area contributed by atoms with Crippen molar-refractivity contribution in [2.24, 2.45) is 0 Å². The fraction of sp³-hybridized carbons (Fsp3) is 0.250. The number of nitrogens with one attached hydrogen (secondary N) is 1. The van der Waals surface area contributed by atoms with Gasteiger partial charge < -0.3 is 5.11 Å². The minimum absolute atomic E-state index is 0.0390. The number of hydrogen-bond acceptors (Lipinski definition) is 3. The first-order chi connectivity index (χ1) is 9.97. The molecule has 0 bridgehead atoms. The molecule has 0 radical (unpaired) electrons. The molecule has 5 heteroatoms. The van der Waals surface area contributed by atoms with Gasteiger partial charge in [-0.05, 0) is 48.2 Å². The molecule has 2 rings (SSSR count). The Balaban J connectivity index is 2.43. The van der Waals surface area contributed by atoms with E-state index >= 15 is 0 Å². The van der Waals surface area contributed by atoms with E-state index < -0.39 is 10.0 Å². The quantitative estimate of drug-likeness (QED) is 0.890. The zero-order valence-electron chi connectivity index (χ0n) is 12.1. The van der Waals surface area contributed by atoms with Gasteiger partial charge in [0.1, 0.15) is 5.75 Å². The van der Waals surface area contributed by atoms with Crippen molar-refractivity contribution >= 4 is 15.7 Å². The molecule has 0 saturated heterocycles. The Labute approximate surface area is 125 Å². The topological polar surface area (TPSA) is 66.4 Å². The average molecular weight is 305 g/mol. The number of aromatic hydroxyl groups is 1. The second kappa shape index (κ2) is 6.18. The van der Waals surface area contributed by atoms with Gasteiger partial charge in [-0.15, -0.1) is 0 Å². The van der Waals surface area contributed by atoms with Crippen molar-refractivity contribution in [3.63, 3.8) is 0 Å². The summed E-state index contributed by atoms with van der Waals surface area (Å²) in [6, 6.07) is 11.3. The van der Waals surface area contributed by atoms with Crippen molar-refractivity contribution in [3.05, 3.63) is 53.6 Å². The lowest BCUT2D eigenvalue weighted by Gasteiger charge is -2.15. The molecule has 0 unspecified atom stereocenters. The van der Waals surface area contributed by atoms with Gasteiger partial charge >= 0.3 is 0 Å². The summed E-state index contributed by atoms with van der Waals surface area (Å²) < 4.78 is 27.6. The number of sulfonamides is 1. The van der Waals surface area contributed by atoms with Gasteiger partial charge in [0.25, 0.3) is 10.0 Å². The minimum Gasteiger partial charge on any atom is -0.508 e. The van der Waals surface area contributed by atoms with Crippen LogP contribution < -0.4 is 4.72 Å². The number of para-hydroxylation sites is 1. The molecule has 2 aromatic carbocycles. The van der Waals surface area contributed by atoms with Crippen LogP contribution in [0.15, 0.2) is 47.4 Å². The first-order valence-corrected chi connectivity index (χ1v) is 8.39. The predicted octanol–water partition coefficient (Wildman–Crippen LogP) is 3.32. The molecule has 2 aromatic rings. The van der Waals surface area contributed by atoms with Gasteiger partial charge in [-0.3, -0.25) is 4.72 Å². The van der Waals surface area contributed by atoms with Crippen LogP contribution in [0.4, 0.5) is 5.69 Å². The van der Waals surface area contributed by atoms with Crippen molar-refractivity contribution in [2.75, 3.05) is 4.72 Å². The molecule has 0 aromatic heterocycles. The minimum atomic E-state index is -3.66. The van der Waals surface area contributed by atoms with E-state index in [-0.39, 0.29) is 10.6 Å². The second-order valence-electron chi connectivity index (χ2n) is 4.76. The molecule has 0 saturated carbocycles. The first kappa shape index (κ1) is 15.4. The largest absolute Gasteiger partial charge is 0.508 e. The van der Waals surface area contributed by atoms with E-state index in [0.717, 1.165) is 24.0 Å². The van der Waals surface area contributed by atoms with E-state index in [2.05, 4.69) is 4.72 Å². The van der Waals surface area contributed by atoms with Gasteiger partial charge in [-0.1, -0.05) is 32.0 Å². The second-order valence-corrected chi connectivity index (χ2v) is 6.44. The third-order valence-electron chi connectivity index (χ3n) is 3.38. The summed E-state index contributed by atoms with van der Waals surface area (Å²) in [6.45, 7) is 3.99. The van der Waals surface area contributed by atoms with E-state index in [1.54, 1.807) is 0 Å². The maximum atomic E-state index is 12.5. The van der Waals surface area contributed by atoms with Crippen molar-refractivity contribution in [2.45, 2.75) is 31.6 Å². The van der Waals surface area contributed by atoms with Crippen LogP contribution >= 0.6 is 0 Å². The van der Waals surface area contributed by atoms with Gasteiger partial charge in [0.05, 0.1) is 10.6 Å². The highest BCUT2D eigenvalue weighted by Gasteiger charge is 2.17. The molecule has 21 heavy (non-hydrogen) atoms. The number of aryl methyl sites for hydroxylation is 2. The number of phenolic OH excluding ortho intramolecular Hbond substituents is 1. The lowest BCUT2D eigenvalue weighted by atomic mass is 10.0. The maximum Gasteiger partial charge on any atom is 0.261 e. The molecule has 0 fully saturated rings. The van der Waals surface area contributed by atoms with Crippen molar-refractivity contribution in [1.29, 1.82) is 0 Å². The summed E-state index contributed by atoms with van der Waals surface area (Å²) in [7, 11) is -3.66. The molecule has 0 aliphatic heterocycles. The maximum absolute atomic E-state index is 12.5. The lowest BCUT2D eigenvalue weighted by Crippen LogP contribution is -2.15. The van der Waals surface area contributed by atoms with Crippen LogP contribution in [0.1, 0.15) is 25.0 Å². The molecule has 0 spiro atoms. The molecular formula is C16H19NO3S. The van der Waals surface area contributed by atoms with Gasteiger partial charge in [-0.2, -0.15) is 0 Å². The molecule has 0 atom stereocenters. The van der Waals surface area contributed by atoms with Crippen molar-refractivity contribution < 1.29 is 13.5 Å². The van der Waals surface area contributed by atoms with Crippen LogP contribution in [0.3, 0.4) is 0 Å². The highest BCUT2D eigenvalue weighted by atomic mass is 32.2. The van der Waals surface area contributed by atoms with Gasteiger partial charge in [-0.25, -0.2) is 8.42 Å². The highest BCUT2D eigenvalue weighted by Crippen LogP contribution is 2.26. The summed E-state index contributed by atoms with van der Waals surface area (Å²) in [4.78, 5) is 0.133. The zero-order valence-corrected chi connectivity index (χ0v) is 12.9. The van der Waals surface area contributed by atoms with Crippen LogP contribution in [0.2, 0.25) is 0 Å². The zero-order chi connectivity index (χ0) is 15.5. The molecule has 2 N–H and O–H groups in total. The van der Waals surface area contributed by atoms with E-state index in [0.29, 0.717) is 5.69 Å². The standard InChI is InChI=1S/C16H19NO3S/c1-3-12-6-5-7-13(4-2)16(12)17-21(19,20)15-10-8-14(18)9-11-15/h5-11,17-18H,3-4H2,1-2H3. The smallest absolute Gasteiger partial charge is 0.261 e. The Kier molecular flexibility index (Phi) is 4.53. The summed E-state index contributed by atoms with van der Waals surface area (Å²) >= 11 is 0. The molecule has 0 amide bonds. The normalized spacial score (nSPS) is 11.3. The first-order valence-electron chi connectivity index (χ1n) is 6.90. The third kappa shape index (κ3) is 3.36. The molecule has 4 nitrogen and oxygen atoms in total. The third-order valence-corrected chi connectivity index (χ3v) is 4.75. The van der Waals surface area contributed by atoms with E-state index in [9.17, 15) is 13.5 Å². The monoisotopic (exact) mass is 305 g/mol. The SMILES string of the molecule is CCc1cccc(CC)c1NS(=O)(=O)c1ccc(O)cc1. The van der Waals surface area contributed by atoms with Crippen LogP contribution in [0.5, 0.6) is 5.75 Å². The average Bonchev–Trinajstić information content (AvgIpc) is 2.47. The number of phenols is 1. The van der Waals surface area contributed by atoms with Gasteiger partial charge in [0.15, 0.2) is 0 Å². The summed E-state index contributed by atoms with van der Waals surface area (Å²) in [5.74, 6) is 0.0390. The predicted molar refractivity (Wildman–Crippen MR) is 84.1 cm³/mol. The van der Waals surface area contributed by atoms with Crippen molar-refractivity contribution in [1.82, 2.24) is 0 Å². The van der Waals surface area contributed by atoms with Crippen LogP contribution in [0, 0.1) is 0 Å². The number of hydrogen-bond donors (Lipinski definition) is 2. The number of anilines is 1. The van der Waals surface area contributed by atoms with Crippen LogP contribution in [-0.4, -0.2) is 13.5 Å². The molecule has 0 aliphatic rings. The lowest BCUT2D eigenvalue weighted by molar-refractivity contribution is 0.475. The Morgan fingerprint density at radius 1 is 0.952 bits per heavy atom. The van der Waals surface area contributed by atoms with Crippen LogP contribution in [0.25, 0.3) is 0 Å². The van der Waals surface area contributed by atoms with E-state index in [1.165, 1.54) is 24.3 Å². The summed E-state index contributed by atoms with van der Waals surface area (Å²) in [5, 5.41) is 9.26. The number of benzene rings is 2. The molecular weight excluding hydrogens is 286 g/mol.